The molecule has 2 aliphatic rings. The lowest BCUT2D eigenvalue weighted by molar-refractivity contribution is -0.171. The summed E-state index contributed by atoms with van der Waals surface area (Å²) >= 11 is 0. The number of benzene rings is 1. The maximum Gasteiger partial charge on any atom is 0.306 e. The number of hydrogen-bond acceptors (Lipinski definition) is 8. The zero-order valence-electron chi connectivity index (χ0n) is 24.3. The molecule has 4 rings (SSSR count). The van der Waals surface area contributed by atoms with Crippen molar-refractivity contribution >= 4 is 22.9 Å². The quantitative estimate of drug-likeness (QED) is 0.358. The van der Waals surface area contributed by atoms with E-state index in [0.29, 0.717) is 41.3 Å². The molecule has 216 valence electrons. The highest BCUT2D eigenvalue weighted by atomic mass is 16.8. The van der Waals surface area contributed by atoms with Crippen LogP contribution in [0.5, 0.6) is 0 Å². The number of aliphatic hydroxyl groups excluding tert-OH is 1. The van der Waals surface area contributed by atoms with E-state index in [9.17, 15) is 19.8 Å². The molecule has 3 heterocycles. The van der Waals surface area contributed by atoms with E-state index in [1.54, 1.807) is 32.0 Å². The van der Waals surface area contributed by atoms with Gasteiger partial charge in [-0.2, -0.15) is 0 Å². The average molecular weight is 544 g/mol. The van der Waals surface area contributed by atoms with E-state index in [2.05, 4.69) is 18.8 Å². The molecule has 39 heavy (non-hydrogen) atoms. The summed E-state index contributed by atoms with van der Waals surface area (Å²) in [7, 11) is 0. The van der Waals surface area contributed by atoms with Gasteiger partial charge in [-0.25, -0.2) is 4.98 Å². The number of aliphatic hydroxyl groups is 2. The Morgan fingerprint density at radius 3 is 2.62 bits per heavy atom. The predicted octanol–water partition coefficient (Wildman–Crippen LogP) is 5.95. The molecule has 0 amide bonds. The summed E-state index contributed by atoms with van der Waals surface area (Å²) in [6.07, 6.45) is 3.54. The molecule has 2 aliphatic heterocycles. The molecule has 6 unspecified atom stereocenters. The maximum atomic E-state index is 13.7. The maximum absolute atomic E-state index is 13.7. The first-order valence-electron chi connectivity index (χ1n) is 14.5. The molecule has 2 fully saturated rings. The monoisotopic (exact) mass is 543 g/mol. The summed E-state index contributed by atoms with van der Waals surface area (Å²) < 4.78 is 17.2. The standard InChI is InChI=1S/C31H45NO7/c1-7-8-11-22-17-19(2)10-9-15-30(6)31(36,39-30)28(35)26(38-25(33)14-16-29(4,5)27(22)34)21-12-13-24-23(18-21)32-20(3)37-24/h12-13,18-19,22,26,28,35-36H,7-11,14-17H2,1-6H3. The van der Waals surface area contributed by atoms with Crippen LogP contribution in [0.4, 0.5) is 0 Å². The summed E-state index contributed by atoms with van der Waals surface area (Å²) in [4.78, 5) is 31.2. The first-order chi connectivity index (χ1) is 18.3. The number of oxazole rings is 1. The summed E-state index contributed by atoms with van der Waals surface area (Å²) in [5.41, 5.74) is -0.0422. The summed E-state index contributed by atoms with van der Waals surface area (Å²) in [5.74, 6) is -1.42. The van der Waals surface area contributed by atoms with E-state index >= 15 is 0 Å². The lowest BCUT2D eigenvalue weighted by Gasteiger charge is -2.31. The summed E-state index contributed by atoms with van der Waals surface area (Å²) in [6, 6.07) is 5.10. The summed E-state index contributed by atoms with van der Waals surface area (Å²) in [5, 5.41) is 22.8. The van der Waals surface area contributed by atoms with Gasteiger partial charge in [-0.3, -0.25) is 9.59 Å². The third kappa shape index (κ3) is 6.23. The van der Waals surface area contributed by atoms with E-state index in [1.165, 1.54) is 0 Å². The molecule has 2 saturated heterocycles. The molecule has 2 aromatic rings. The van der Waals surface area contributed by atoms with Crippen LogP contribution in [0.15, 0.2) is 22.6 Å². The lowest BCUT2D eigenvalue weighted by atomic mass is 9.73. The zero-order chi connectivity index (χ0) is 28.6. The fourth-order valence-corrected chi connectivity index (χ4v) is 6.17. The van der Waals surface area contributed by atoms with E-state index in [0.717, 1.165) is 38.5 Å². The largest absolute Gasteiger partial charge is 0.454 e. The van der Waals surface area contributed by atoms with Crippen LogP contribution in [-0.2, 0) is 19.1 Å². The van der Waals surface area contributed by atoms with Crippen molar-refractivity contribution in [3.63, 3.8) is 0 Å². The number of esters is 1. The van der Waals surface area contributed by atoms with Gasteiger partial charge in [0.05, 0.1) is 0 Å². The fourth-order valence-electron chi connectivity index (χ4n) is 6.17. The number of fused-ring (bicyclic) bond motifs is 2. The Hall–Kier alpha value is -2.29. The van der Waals surface area contributed by atoms with Crippen molar-refractivity contribution in [2.24, 2.45) is 17.3 Å². The van der Waals surface area contributed by atoms with Crippen molar-refractivity contribution < 1.29 is 33.7 Å². The molecular weight excluding hydrogens is 498 g/mol. The van der Waals surface area contributed by atoms with Gasteiger partial charge < -0.3 is 24.1 Å². The summed E-state index contributed by atoms with van der Waals surface area (Å²) in [6.45, 7) is 11.7. The Bertz CT molecular complexity index is 1190. The van der Waals surface area contributed by atoms with Gasteiger partial charge in [-0.15, -0.1) is 0 Å². The molecule has 1 aromatic carbocycles. The molecule has 0 bridgehead atoms. The topological polar surface area (TPSA) is 122 Å². The van der Waals surface area contributed by atoms with Crippen LogP contribution in [0.3, 0.4) is 0 Å². The predicted molar refractivity (Wildman–Crippen MR) is 147 cm³/mol. The van der Waals surface area contributed by atoms with Crippen molar-refractivity contribution in [1.82, 2.24) is 4.98 Å². The Labute approximate surface area is 231 Å². The number of aryl methyl sites for hydroxylation is 1. The minimum absolute atomic E-state index is 0.0138. The molecular formula is C31H45NO7. The second kappa shape index (κ2) is 11.3. The Morgan fingerprint density at radius 2 is 1.90 bits per heavy atom. The Balaban J connectivity index is 1.64. The first kappa shape index (κ1) is 29.7. The Kier molecular flexibility index (Phi) is 8.60. The molecule has 6 atom stereocenters. The fraction of sp³-hybridized carbons (Fsp3) is 0.710. The molecule has 0 radical (unpaired) electrons. The number of Topliss-reactive ketones (excluding diaryl/α,β-unsaturated/α-hetero) is 1. The van der Waals surface area contributed by atoms with Crippen molar-refractivity contribution in [2.75, 3.05) is 0 Å². The molecule has 8 nitrogen and oxygen atoms in total. The minimum atomic E-state index is -1.86. The number of ether oxygens (including phenoxy) is 2. The van der Waals surface area contributed by atoms with E-state index in [4.69, 9.17) is 13.9 Å². The van der Waals surface area contributed by atoms with E-state index in [-0.39, 0.29) is 18.1 Å². The van der Waals surface area contributed by atoms with Gasteiger partial charge in [0.25, 0.3) is 0 Å². The van der Waals surface area contributed by atoms with Crippen molar-refractivity contribution in [2.45, 2.75) is 123 Å². The highest BCUT2D eigenvalue weighted by Crippen LogP contribution is 2.54. The molecule has 0 saturated carbocycles. The highest BCUT2D eigenvalue weighted by molar-refractivity contribution is 5.87. The minimum Gasteiger partial charge on any atom is -0.454 e. The van der Waals surface area contributed by atoms with Crippen LogP contribution in [0.25, 0.3) is 11.1 Å². The smallest absolute Gasteiger partial charge is 0.306 e. The van der Waals surface area contributed by atoms with Gasteiger partial charge in [0.2, 0.25) is 5.79 Å². The van der Waals surface area contributed by atoms with Gasteiger partial charge in [0, 0.05) is 24.7 Å². The van der Waals surface area contributed by atoms with Crippen LogP contribution in [-0.4, -0.2) is 44.4 Å². The number of epoxide rings is 1. The second-order valence-corrected chi connectivity index (χ2v) is 12.7. The van der Waals surface area contributed by atoms with Crippen LogP contribution >= 0.6 is 0 Å². The van der Waals surface area contributed by atoms with Crippen LogP contribution in [0, 0.1) is 24.2 Å². The Morgan fingerprint density at radius 1 is 1.15 bits per heavy atom. The average Bonchev–Trinajstić information content (AvgIpc) is 3.23. The zero-order valence-corrected chi connectivity index (χ0v) is 24.3. The third-order valence-corrected chi connectivity index (χ3v) is 8.83. The van der Waals surface area contributed by atoms with E-state index in [1.807, 2.05) is 13.8 Å². The second-order valence-electron chi connectivity index (χ2n) is 12.7. The number of carbonyl (C=O) groups excluding carboxylic acids is 2. The highest BCUT2D eigenvalue weighted by Gasteiger charge is 2.71. The molecule has 1 aromatic heterocycles. The number of ketones is 1. The van der Waals surface area contributed by atoms with Crippen LogP contribution < -0.4 is 0 Å². The van der Waals surface area contributed by atoms with Crippen molar-refractivity contribution in [3.8, 4) is 0 Å². The molecule has 2 N–H and O–H groups in total. The van der Waals surface area contributed by atoms with Gasteiger partial charge >= 0.3 is 5.97 Å². The third-order valence-electron chi connectivity index (χ3n) is 8.83. The number of hydrogen-bond donors (Lipinski definition) is 2. The lowest BCUT2D eigenvalue weighted by Crippen LogP contribution is -2.42. The van der Waals surface area contributed by atoms with Crippen LogP contribution in [0.2, 0.25) is 0 Å². The van der Waals surface area contributed by atoms with Gasteiger partial charge in [-0.05, 0) is 56.2 Å². The van der Waals surface area contributed by atoms with Gasteiger partial charge in [0.15, 0.2) is 23.7 Å². The molecule has 0 aliphatic carbocycles. The normalized spacial score (nSPS) is 34.5. The first-order valence-corrected chi connectivity index (χ1v) is 14.5. The van der Waals surface area contributed by atoms with E-state index < -0.39 is 35.0 Å². The number of aromatic nitrogens is 1. The SMILES string of the molecule is CCCCC1CC(C)CCCC2(C)OC2(O)C(O)C(c2ccc3oc(C)nc3c2)OC(=O)CCC(C)(C)C1=O. The van der Waals surface area contributed by atoms with Gasteiger partial charge in [0.1, 0.15) is 16.9 Å². The number of carbonyl (C=O) groups is 2. The van der Waals surface area contributed by atoms with Gasteiger partial charge in [-0.1, -0.05) is 59.4 Å². The van der Waals surface area contributed by atoms with Crippen molar-refractivity contribution in [1.29, 1.82) is 0 Å². The number of rotatable bonds is 4. The van der Waals surface area contributed by atoms with Crippen molar-refractivity contribution in [3.05, 3.63) is 29.7 Å². The molecule has 8 heteroatoms. The van der Waals surface area contributed by atoms with Crippen LogP contribution in [0.1, 0.15) is 110 Å². The number of unbranched alkanes of at least 4 members (excludes halogenated alkanes) is 1. The number of nitrogens with zero attached hydrogens (tertiary/aromatic N) is 1. The molecule has 0 spiro atoms. The number of cyclic esters (lactones) is 1.